The number of pyridine rings is 1. The monoisotopic (exact) mass is 222 g/mol. The summed E-state index contributed by atoms with van der Waals surface area (Å²) in [6.07, 6.45) is 5.59. The Labute approximate surface area is 97.8 Å². The molecule has 0 atom stereocenters. The summed E-state index contributed by atoms with van der Waals surface area (Å²) in [5.41, 5.74) is 4.59. The molecule has 0 bridgehead atoms. The quantitative estimate of drug-likeness (QED) is 0.421. The Morgan fingerprint density at radius 3 is 2.94 bits per heavy atom. The first-order chi connectivity index (χ1) is 7.76. The summed E-state index contributed by atoms with van der Waals surface area (Å²) in [6, 6.07) is 3.84. The minimum Gasteiger partial charge on any atom is -0.324 e. The molecular weight excluding hydrogens is 200 g/mol. The summed E-state index contributed by atoms with van der Waals surface area (Å²) in [4.78, 5) is 6.61. The Kier molecular flexibility index (Phi) is 5.82. The van der Waals surface area contributed by atoms with Crippen molar-refractivity contribution in [1.29, 1.82) is 0 Å². The lowest BCUT2D eigenvalue weighted by atomic mass is 10.2. The number of aromatic nitrogens is 1. The molecule has 3 N–H and O–H groups in total. The number of unbranched alkanes of at least 4 members (excludes halogenated alkanes) is 2. The van der Waals surface area contributed by atoms with Crippen molar-refractivity contribution in [2.24, 2.45) is 5.84 Å². The number of anilines is 1. The minimum absolute atomic E-state index is 0.874. The van der Waals surface area contributed by atoms with Gasteiger partial charge in [-0.25, -0.2) is 0 Å². The molecule has 4 nitrogen and oxygen atoms in total. The van der Waals surface area contributed by atoms with Crippen LogP contribution in [0.15, 0.2) is 18.3 Å². The Balaban J connectivity index is 2.39. The number of nitrogens with two attached hydrogens (primary N) is 1. The van der Waals surface area contributed by atoms with Gasteiger partial charge in [0, 0.05) is 12.7 Å². The predicted octanol–water partition coefficient (Wildman–Crippen LogP) is 1.99. The molecule has 0 unspecified atom stereocenters. The highest BCUT2D eigenvalue weighted by Gasteiger charge is 2.01. The summed E-state index contributed by atoms with van der Waals surface area (Å²) < 4.78 is 0. The van der Waals surface area contributed by atoms with E-state index in [1.54, 1.807) is 6.20 Å². The van der Waals surface area contributed by atoms with Crippen molar-refractivity contribution >= 4 is 5.69 Å². The first kappa shape index (κ1) is 12.9. The van der Waals surface area contributed by atoms with E-state index in [0.717, 1.165) is 24.5 Å². The highest BCUT2D eigenvalue weighted by atomic mass is 15.2. The summed E-state index contributed by atoms with van der Waals surface area (Å²) in [5, 5.41) is 0. The lowest BCUT2D eigenvalue weighted by molar-refractivity contribution is 0.314. The number of hydrogen-bond donors (Lipinski definition) is 2. The van der Waals surface area contributed by atoms with E-state index in [1.807, 2.05) is 12.1 Å². The van der Waals surface area contributed by atoms with Gasteiger partial charge in [0.05, 0.1) is 11.4 Å². The van der Waals surface area contributed by atoms with Crippen LogP contribution in [0.25, 0.3) is 0 Å². The van der Waals surface area contributed by atoms with E-state index in [1.165, 1.54) is 19.3 Å². The molecule has 0 amide bonds. The van der Waals surface area contributed by atoms with E-state index >= 15 is 0 Å². The molecule has 0 aliphatic heterocycles. The maximum Gasteiger partial charge on any atom is 0.0564 e. The number of nitrogen functional groups attached to an aromatic ring is 1. The third-order valence-electron chi connectivity index (χ3n) is 2.56. The van der Waals surface area contributed by atoms with Crippen LogP contribution >= 0.6 is 0 Å². The lowest BCUT2D eigenvalue weighted by Crippen LogP contribution is -2.20. The molecule has 0 aromatic carbocycles. The molecule has 1 rings (SSSR count). The maximum atomic E-state index is 5.36. The molecule has 0 aliphatic carbocycles. The SMILES string of the molecule is CCCCCN(C)Cc1cc(NN)ccn1. The van der Waals surface area contributed by atoms with E-state index in [-0.39, 0.29) is 0 Å². The van der Waals surface area contributed by atoms with Gasteiger partial charge in [0.1, 0.15) is 0 Å². The summed E-state index contributed by atoms with van der Waals surface area (Å²) in [7, 11) is 2.12. The first-order valence-electron chi connectivity index (χ1n) is 5.86. The summed E-state index contributed by atoms with van der Waals surface area (Å²) in [6.45, 7) is 4.22. The molecule has 1 aromatic rings. The molecule has 0 spiro atoms. The number of nitrogens with one attached hydrogen (secondary N) is 1. The second kappa shape index (κ2) is 7.19. The normalized spacial score (nSPS) is 10.8. The molecule has 0 radical (unpaired) electrons. The third kappa shape index (κ3) is 4.59. The summed E-state index contributed by atoms with van der Waals surface area (Å²) in [5.74, 6) is 5.36. The van der Waals surface area contributed by atoms with Crippen molar-refractivity contribution in [3.63, 3.8) is 0 Å². The molecule has 90 valence electrons. The van der Waals surface area contributed by atoms with Crippen molar-refractivity contribution in [2.75, 3.05) is 19.0 Å². The van der Waals surface area contributed by atoms with Crippen LogP contribution in [-0.4, -0.2) is 23.5 Å². The van der Waals surface area contributed by atoms with Crippen LogP contribution < -0.4 is 11.3 Å². The van der Waals surface area contributed by atoms with Crippen molar-refractivity contribution in [2.45, 2.75) is 32.7 Å². The van der Waals surface area contributed by atoms with E-state index in [2.05, 4.69) is 29.3 Å². The van der Waals surface area contributed by atoms with E-state index < -0.39 is 0 Å². The zero-order valence-electron chi connectivity index (χ0n) is 10.2. The van der Waals surface area contributed by atoms with Gasteiger partial charge in [0.2, 0.25) is 0 Å². The highest BCUT2D eigenvalue weighted by Crippen LogP contribution is 2.08. The largest absolute Gasteiger partial charge is 0.324 e. The molecular formula is C12H22N4. The fourth-order valence-corrected chi connectivity index (χ4v) is 1.64. The van der Waals surface area contributed by atoms with Crippen molar-refractivity contribution in [3.8, 4) is 0 Å². The van der Waals surface area contributed by atoms with Crippen molar-refractivity contribution in [1.82, 2.24) is 9.88 Å². The Morgan fingerprint density at radius 2 is 2.25 bits per heavy atom. The first-order valence-corrected chi connectivity index (χ1v) is 5.86. The minimum atomic E-state index is 0.874. The fourth-order valence-electron chi connectivity index (χ4n) is 1.64. The second-order valence-corrected chi connectivity index (χ2v) is 4.13. The average molecular weight is 222 g/mol. The smallest absolute Gasteiger partial charge is 0.0564 e. The van der Waals surface area contributed by atoms with Crippen LogP contribution in [-0.2, 0) is 6.54 Å². The van der Waals surface area contributed by atoms with Crippen LogP contribution in [0, 0.1) is 0 Å². The highest BCUT2D eigenvalue weighted by molar-refractivity contribution is 5.41. The van der Waals surface area contributed by atoms with E-state index in [0.29, 0.717) is 0 Å². The van der Waals surface area contributed by atoms with Gasteiger partial charge in [-0.1, -0.05) is 19.8 Å². The second-order valence-electron chi connectivity index (χ2n) is 4.13. The van der Waals surface area contributed by atoms with Gasteiger partial charge >= 0.3 is 0 Å². The molecule has 4 heteroatoms. The van der Waals surface area contributed by atoms with Gasteiger partial charge in [0.25, 0.3) is 0 Å². The molecule has 0 aliphatic rings. The zero-order valence-corrected chi connectivity index (χ0v) is 10.2. The van der Waals surface area contributed by atoms with Crippen molar-refractivity contribution < 1.29 is 0 Å². The average Bonchev–Trinajstić information content (AvgIpc) is 2.29. The number of hydrazine groups is 1. The molecule has 1 aromatic heterocycles. The molecule has 16 heavy (non-hydrogen) atoms. The van der Waals surface area contributed by atoms with Gasteiger partial charge in [-0.15, -0.1) is 0 Å². The Morgan fingerprint density at radius 1 is 1.44 bits per heavy atom. The Hall–Kier alpha value is -1.13. The van der Waals surface area contributed by atoms with Gasteiger partial charge in [-0.05, 0) is 32.1 Å². The van der Waals surface area contributed by atoms with Gasteiger partial charge < -0.3 is 10.3 Å². The maximum absolute atomic E-state index is 5.36. The van der Waals surface area contributed by atoms with Crippen LogP contribution in [0.4, 0.5) is 5.69 Å². The molecule has 1 heterocycles. The third-order valence-corrected chi connectivity index (χ3v) is 2.56. The molecule has 0 fully saturated rings. The van der Waals surface area contributed by atoms with Crippen LogP contribution in [0.5, 0.6) is 0 Å². The number of hydrogen-bond acceptors (Lipinski definition) is 4. The summed E-state index contributed by atoms with van der Waals surface area (Å²) >= 11 is 0. The van der Waals surface area contributed by atoms with Gasteiger partial charge in [-0.2, -0.15) is 0 Å². The standard InChI is InChI=1S/C12H22N4/c1-3-4-5-8-16(2)10-12-9-11(15-13)6-7-14-12/h6-7,9H,3-5,8,10,13H2,1-2H3,(H,14,15). The van der Waals surface area contributed by atoms with Crippen LogP contribution in [0.2, 0.25) is 0 Å². The van der Waals surface area contributed by atoms with Gasteiger partial charge in [-0.3, -0.25) is 10.8 Å². The molecule has 0 saturated heterocycles. The zero-order chi connectivity index (χ0) is 11.8. The van der Waals surface area contributed by atoms with E-state index in [9.17, 15) is 0 Å². The van der Waals surface area contributed by atoms with Crippen LogP contribution in [0.1, 0.15) is 31.9 Å². The molecule has 0 saturated carbocycles. The van der Waals surface area contributed by atoms with Crippen molar-refractivity contribution in [3.05, 3.63) is 24.0 Å². The van der Waals surface area contributed by atoms with Crippen LogP contribution in [0.3, 0.4) is 0 Å². The predicted molar refractivity (Wildman–Crippen MR) is 67.9 cm³/mol. The Bertz CT molecular complexity index is 301. The number of nitrogens with zero attached hydrogens (tertiary/aromatic N) is 2. The number of rotatable bonds is 7. The van der Waals surface area contributed by atoms with Gasteiger partial charge in [0.15, 0.2) is 0 Å². The van der Waals surface area contributed by atoms with E-state index in [4.69, 9.17) is 5.84 Å². The fraction of sp³-hybridized carbons (Fsp3) is 0.583. The topological polar surface area (TPSA) is 54.2 Å². The lowest BCUT2D eigenvalue weighted by Gasteiger charge is -2.16.